The summed E-state index contributed by atoms with van der Waals surface area (Å²) in [7, 11) is -4.46. The minimum atomic E-state index is -4.46. The third kappa shape index (κ3) is 11.1. The second-order valence-electron chi connectivity index (χ2n) is 13.3. The van der Waals surface area contributed by atoms with Crippen molar-refractivity contribution in [2.24, 2.45) is 26.4 Å². The predicted molar refractivity (Wildman–Crippen MR) is 212 cm³/mol. The van der Waals surface area contributed by atoms with Crippen LogP contribution in [0.5, 0.6) is 0 Å². The van der Waals surface area contributed by atoms with E-state index in [0.717, 1.165) is 29.4 Å². The zero-order chi connectivity index (χ0) is 37.8. The van der Waals surface area contributed by atoms with Crippen molar-refractivity contribution in [3.8, 4) is 11.1 Å². The lowest BCUT2D eigenvalue weighted by molar-refractivity contribution is -0.432. The van der Waals surface area contributed by atoms with Gasteiger partial charge in [0.15, 0.2) is 0 Å². The summed E-state index contributed by atoms with van der Waals surface area (Å²) in [5, 5.41) is 32.4. The molecule has 1 aliphatic carbocycles. The summed E-state index contributed by atoms with van der Waals surface area (Å²) in [4.78, 5) is -0.253. The molecule has 3 N–H and O–H groups in total. The molecule has 13 heteroatoms. The van der Waals surface area contributed by atoms with E-state index in [1.54, 1.807) is 24.3 Å². The topological polar surface area (TPSA) is 155 Å². The molecule has 11 nitrogen and oxygen atoms in total. The zero-order valence-electron chi connectivity index (χ0n) is 29.9. The summed E-state index contributed by atoms with van der Waals surface area (Å²) in [6.07, 6.45) is 10.9. The van der Waals surface area contributed by atoms with Crippen molar-refractivity contribution < 1.29 is 27.6 Å². The number of hydrogen-bond donors (Lipinski definition) is 3. The van der Waals surface area contributed by atoms with Crippen LogP contribution in [-0.2, 0) is 19.5 Å². The van der Waals surface area contributed by atoms with Gasteiger partial charge in [-0.15, -0.1) is 9.45 Å². The standard InChI is InChI=1S/C41H43N5O6S2/c1-2-3-4-5-29-6-8-30(9-7-29)31-10-12-32(13-11-31)33-14-16-34(17-15-33)42-35-18-20-36(21-19-35)43-44-37-22-24-38(25-23-37)45-46-40-27-26-39(54(48,49)50)28-41(40)53-52-51-47/h10-30,42,47H,2-9H2,1H3,(H,48,49,50). The normalized spacial score (nSPS) is 16.3. The summed E-state index contributed by atoms with van der Waals surface area (Å²) in [6, 6.07) is 35.8. The highest BCUT2D eigenvalue weighted by atomic mass is 32.2. The van der Waals surface area contributed by atoms with Gasteiger partial charge >= 0.3 is 0 Å². The lowest BCUT2D eigenvalue weighted by Crippen LogP contribution is -2.13. The molecule has 0 aliphatic heterocycles. The number of azo groups is 2. The monoisotopic (exact) mass is 765 g/mol. The number of hydrogen-bond acceptors (Lipinski definition) is 11. The highest BCUT2D eigenvalue weighted by Crippen LogP contribution is 2.39. The molecule has 0 atom stereocenters. The maximum absolute atomic E-state index is 11.5. The van der Waals surface area contributed by atoms with Crippen molar-refractivity contribution in [2.45, 2.75) is 74.0 Å². The van der Waals surface area contributed by atoms with Gasteiger partial charge in [0.1, 0.15) is 5.69 Å². The second kappa shape index (κ2) is 19.0. The molecule has 6 rings (SSSR count). The quantitative estimate of drug-likeness (QED) is 0.0224. The van der Waals surface area contributed by atoms with Crippen LogP contribution in [0.1, 0.15) is 69.8 Å². The van der Waals surface area contributed by atoms with Gasteiger partial charge in [0.05, 0.1) is 38.9 Å². The van der Waals surface area contributed by atoms with E-state index in [2.05, 4.69) is 90.6 Å². The van der Waals surface area contributed by atoms with Crippen molar-refractivity contribution >= 4 is 56.3 Å². The van der Waals surface area contributed by atoms with E-state index in [4.69, 9.17) is 5.26 Å². The van der Waals surface area contributed by atoms with Crippen molar-refractivity contribution in [2.75, 3.05) is 5.32 Å². The molecule has 1 aliphatic rings. The van der Waals surface area contributed by atoms with Crippen LogP contribution in [-0.4, -0.2) is 18.2 Å². The molecule has 5 aromatic carbocycles. The van der Waals surface area contributed by atoms with Gasteiger partial charge in [-0.25, -0.2) is 5.26 Å². The number of unbranched alkanes of at least 4 members (excludes halogenated alkanes) is 2. The third-order valence-corrected chi connectivity index (χ3v) is 11.1. The molecule has 280 valence electrons. The molecule has 0 unspecified atom stereocenters. The van der Waals surface area contributed by atoms with E-state index < -0.39 is 10.1 Å². The molecule has 0 amide bonds. The van der Waals surface area contributed by atoms with Gasteiger partial charge in [-0.05, 0) is 133 Å². The first-order valence-electron chi connectivity index (χ1n) is 18.0. The highest BCUT2D eigenvalue weighted by molar-refractivity contribution is 7.94. The summed E-state index contributed by atoms with van der Waals surface area (Å²) >= 11 is 0.492. The van der Waals surface area contributed by atoms with Crippen LogP contribution in [0.3, 0.4) is 0 Å². The van der Waals surface area contributed by atoms with Crippen LogP contribution in [0.25, 0.3) is 11.1 Å². The Hall–Kier alpha value is -4.76. The molecule has 1 fully saturated rings. The molecule has 0 bridgehead atoms. The highest BCUT2D eigenvalue weighted by Gasteiger charge is 2.22. The Balaban J connectivity index is 0.990. The van der Waals surface area contributed by atoms with Crippen LogP contribution in [0.15, 0.2) is 146 Å². The Morgan fingerprint density at radius 2 is 1.24 bits per heavy atom. The molecule has 0 saturated heterocycles. The summed E-state index contributed by atoms with van der Waals surface area (Å²) in [5.74, 6) is 1.63. The van der Waals surface area contributed by atoms with Crippen molar-refractivity contribution in [1.29, 1.82) is 0 Å². The molecule has 0 radical (unpaired) electrons. The first kappa shape index (κ1) is 38.9. The average Bonchev–Trinajstić information content (AvgIpc) is 3.20. The average molecular weight is 766 g/mol. The van der Waals surface area contributed by atoms with Crippen LogP contribution >= 0.6 is 12.0 Å². The Morgan fingerprint density at radius 1 is 0.704 bits per heavy atom. The Bertz CT molecular complexity index is 2120. The van der Waals surface area contributed by atoms with Crippen LogP contribution in [0, 0.1) is 5.92 Å². The van der Waals surface area contributed by atoms with E-state index >= 15 is 0 Å². The fourth-order valence-electron chi connectivity index (χ4n) is 6.61. The molecular formula is C41H43N5O6S2. The molecule has 1 saturated carbocycles. The fraction of sp³-hybridized carbons (Fsp3) is 0.268. The van der Waals surface area contributed by atoms with Crippen molar-refractivity contribution in [3.05, 3.63) is 121 Å². The summed E-state index contributed by atoms with van der Waals surface area (Å²) in [6.45, 7) is 2.28. The van der Waals surface area contributed by atoms with E-state index in [1.165, 1.54) is 74.1 Å². The first-order chi connectivity index (χ1) is 26.3. The smallest absolute Gasteiger partial charge is 0.294 e. The summed E-state index contributed by atoms with van der Waals surface area (Å²) in [5.41, 5.74) is 7.83. The van der Waals surface area contributed by atoms with Crippen LogP contribution in [0.4, 0.5) is 34.1 Å². The molecule has 54 heavy (non-hydrogen) atoms. The van der Waals surface area contributed by atoms with Gasteiger partial charge in [-0.2, -0.15) is 23.8 Å². The summed E-state index contributed by atoms with van der Waals surface area (Å²) < 4.78 is 36.6. The van der Waals surface area contributed by atoms with E-state index in [1.807, 2.05) is 24.3 Å². The fourth-order valence-corrected chi connectivity index (χ4v) is 7.66. The lowest BCUT2D eigenvalue weighted by Gasteiger charge is -2.29. The maximum atomic E-state index is 11.5. The minimum absolute atomic E-state index is 0.129. The molecule has 5 aromatic rings. The van der Waals surface area contributed by atoms with E-state index in [9.17, 15) is 13.0 Å². The number of anilines is 2. The third-order valence-electron chi connectivity index (χ3n) is 9.61. The van der Waals surface area contributed by atoms with Gasteiger partial charge < -0.3 is 5.32 Å². The van der Waals surface area contributed by atoms with Gasteiger partial charge in [0.25, 0.3) is 10.1 Å². The lowest BCUT2D eigenvalue weighted by atomic mass is 9.77. The van der Waals surface area contributed by atoms with Gasteiger partial charge in [0, 0.05) is 11.4 Å². The van der Waals surface area contributed by atoms with Crippen LogP contribution in [0.2, 0.25) is 0 Å². The Labute approximate surface area is 320 Å². The van der Waals surface area contributed by atoms with Gasteiger partial charge in [0.2, 0.25) is 0 Å². The van der Waals surface area contributed by atoms with E-state index in [0.29, 0.717) is 35.0 Å². The number of nitrogens with one attached hydrogen (secondary N) is 1. The first-order valence-corrected chi connectivity index (χ1v) is 20.2. The largest absolute Gasteiger partial charge is 0.356 e. The van der Waals surface area contributed by atoms with Gasteiger partial charge in [-0.3, -0.25) is 4.55 Å². The Morgan fingerprint density at radius 3 is 1.80 bits per heavy atom. The predicted octanol–water partition coefficient (Wildman–Crippen LogP) is 13.5. The van der Waals surface area contributed by atoms with Crippen molar-refractivity contribution in [1.82, 2.24) is 0 Å². The maximum Gasteiger partial charge on any atom is 0.294 e. The molecular weight excluding hydrogens is 723 g/mol. The SMILES string of the molecule is CCCCCC1CCC(c2ccc(-c3ccc(Nc4ccc(N=Nc5ccc(N=Nc6ccc(S(=O)(=O)O)cc6SOOO)cc5)cc4)cc3)cc2)CC1. The minimum Gasteiger partial charge on any atom is -0.356 e. The molecule has 0 aromatic heterocycles. The van der Waals surface area contributed by atoms with Crippen LogP contribution < -0.4 is 5.32 Å². The van der Waals surface area contributed by atoms with Gasteiger partial charge in [-0.1, -0.05) is 74.0 Å². The van der Waals surface area contributed by atoms with Crippen molar-refractivity contribution in [3.63, 3.8) is 0 Å². The Kier molecular flexibility index (Phi) is 13.7. The molecule has 0 spiro atoms. The van der Waals surface area contributed by atoms with E-state index in [-0.39, 0.29) is 15.5 Å². The zero-order valence-corrected chi connectivity index (χ0v) is 31.5. The second-order valence-corrected chi connectivity index (χ2v) is 15.5. The number of nitrogens with zero attached hydrogens (tertiary/aromatic N) is 4. The number of benzene rings is 5. The number of rotatable bonds is 16. The molecule has 0 heterocycles.